The van der Waals surface area contributed by atoms with Crippen molar-refractivity contribution in [1.29, 1.82) is 0 Å². The van der Waals surface area contributed by atoms with Gasteiger partial charge in [-0.1, -0.05) is 60.7 Å². The van der Waals surface area contributed by atoms with Gasteiger partial charge in [0.25, 0.3) is 0 Å². The molecule has 0 amide bonds. The summed E-state index contributed by atoms with van der Waals surface area (Å²) in [6, 6.07) is 32.3. The minimum atomic E-state index is 0.213. The Hall–Kier alpha value is -10.8. The highest BCUT2D eigenvalue weighted by atomic mass is 15.0. The molecule has 16 rings (SSSR count). The summed E-state index contributed by atoms with van der Waals surface area (Å²) in [4.78, 5) is 62.6. The van der Waals surface area contributed by atoms with Gasteiger partial charge in [0.05, 0.1) is 63.1 Å². The van der Waals surface area contributed by atoms with Crippen LogP contribution in [0.4, 0.5) is 0 Å². The fraction of sp³-hybridized carbons (Fsp3) is 0.149. The van der Waals surface area contributed by atoms with E-state index in [4.69, 9.17) is 0 Å². The van der Waals surface area contributed by atoms with Crippen LogP contribution in [0.1, 0.15) is 47.9 Å². The molecule has 17 heteroatoms. The van der Waals surface area contributed by atoms with Crippen LogP contribution in [-0.4, -0.2) is 98.0 Å². The van der Waals surface area contributed by atoms with Crippen molar-refractivity contribution >= 4 is 72.8 Å². The molecule has 2 aliphatic carbocycles. The molecule has 84 heavy (non-hydrogen) atoms. The van der Waals surface area contributed by atoms with Gasteiger partial charge in [0.2, 0.25) is 0 Å². The van der Waals surface area contributed by atoms with Gasteiger partial charge >= 0.3 is 0 Å². The van der Waals surface area contributed by atoms with Crippen LogP contribution in [0, 0.1) is 41.5 Å². The maximum atomic E-state index is 4.40. The summed E-state index contributed by atoms with van der Waals surface area (Å²) in [6.07, 6.45) is 40.5. The average molecular weight is 1110 g/mol. The molecule has 0 fully saturated rings. The molecule has 0 N–H and O–H groups in total. The van der Waals surface area contributed by atoms with Gasteiger partial charge in [-0.05, 0) is 163 Å². The second-order valence-electron chi connectivity index (χ2n) is 19.5. The quantitative estimate of drug-likeness (QED) is 0.139. The monoisotopic (exact) mass is 1110 g/mol. The maximum Gasteiger partial charge on any atom is 0.198 e. The summed E-state index contributed by atoms with van der Waals surface area (Å²) in [7, 11) is 0. The first-order chi connectivity index (χ1) is 40.9. The average Bonchev–Trinajstić information content (AvgIpc) is 4.38. The highest BCUT2D eigenvalue weighted by molar-refractivity contribution is 6.12. The fourth-order valence-corrected chi connectivity index (χ4v) is 8.63. The molecule has 2 unspecified atom stereocenters. The SMILES string of the molecule is CC1=NC2C=CC=CC2=C1.CC1=NC2C=CC=CC2=N1.Cc1cc2ccccn2c1.Cc1cc2ncccn2c1.Cc1ccc2ncccc2n1.Cc1cnc2ccccc2n1.Cc1cnc2nccnc2n1.Cc1ncc2ncccc2n1. The standard InChI is InChI=1S/2C9H8N2.2C9H9N.C8H7N3.2C8H8N2.C7H6N4/c1-7-4-5-8-9(11-7)3-2-6-10-8;1-7-6-10-8-4-2-3-5-9(8)11-7;1-8-6-9-4-2-3-5-10(9)7-8;1-7-6-8-4-2-3-5-9(8)10-7;1-6-10-5-8-7(11-6)3-2-4-9-8;1-7-5-8-9-3-2-4-10(8)6-7;1-6-9-7-4-2-3-5-8(7)10-6;1-5-4-10-6-7(11-5)9-3-2-8-6/h2*2-6H,1H3;2-7H,1H3;2-6,9H,1H3;2-5H,1H3;2-6H,1H3;2-5,7H,1H3;2-4H,1H3. The lowest BCUT2D eigenvalue weighted by molar-refractivity contribution is 0.997. The van der Waals surface area contributed by atoms with Gasteiger partial charge in [-0.2, -0.15) is 0 Å². The number of hydrogen-bond donors (Lipinski definition) is 0. The Balaban J connectivity index is 0.000000115. The molecule has 2 atom stereocenters. The van der Waals surface area contributed by atoms with Gasteiger partial charge in [0.1, 0.15) is 28.9 Å². The molecule has 4 aliphatic rings. The van der Waals surface area contributed by atoms with Gasteiger partial charge in [-0.3, -0.25) is 29.9 Å². The van der Waals surface area contributed by atoms with E-state index in [0.717, 1.165) is 78.9 Å². The maximum absolute atomic E-state index is 4.40. The molecule has 12 aromatic rings. The van der Waals surface area contributed by atoms with E-state index in [1.165, 1.54) is 22.2 Å². The molecule has 0 saturated heterocycles. The molecular weight excluding hydrogens is 1040 g/mol. The Morgan fingerprint density at radius 1 is 0.417 bits per heavy atom. The van der Waals surface area contributed by atoms with Crippen LogP contribution in [0.3, 0.4) is 0 Å². The fourth-order valence-electron chi connectivity index (χ4n) is 8.63. The lowest BCUT2D eigenvalue weighted by atomic mass is 10.0. The van der Waals surface area contributed by atoms with Crippen LogP contribution in [0.25, 0.3) is 55.6 Å². The number of aromatic nitrogens is 14. The second kappa shape index (κ2) is 28.6. The number of hydrogen-bond acceptors (Lipinski definition) is 15. The number of pyridine rings is 4. The molecular formula is C67H63N17. The molecule has 1 aromatic carbocycles. The molecule has 13 heterocycles. The van der Waals surface area contributed by atoms with Crippen molar-refractivity contribution in [2.24, 2.45) is 15.0 Å². The normalized spacial score (nSPS) is 14.5. The summed E-state index contributed by atoms with van der Waals surface area (Å²) >= 11 is 0. The second-order valence-corrected chi connectivity index (χ2v) is 19.5. The molecule has 17 nitrogen and oxygen atoms in total. The van der Waals surface area contributed by atoms with E-state index >= 15 is 0 Å². The van der Waals surface area contributed by atoms with E-state index in [0.29, 0.717) is 17.3 Å². The van der Waals surface area contributed by atoms with Crippen molar-refractivity contribution in [3.05, 3.63) is 266 Å². The number of amidine groups is 1. The van der Waals surface area contributed by atoms with E-state index in [2.05, 4.69) is 166 Å². The molecule has 416 valence electrons. The lowest BCUT2D eigenvalue weighted by Crippen LogP contribution is -2.11. The predicted molar refractivity (Wildman–Crippen MR) is 338 cm³/mol. The van der Waals surface area contributed by atoms with Crippen LogP contribution in [0.2, 0.25) is 0 Å². The first-order valence-electron chi connectivity index (χ1n) is 27.2. The van der Waals surface area contributed by atoms with E-state index in [1.54, 1.807) is 49.6 Å². The number of rotatable bonds is 0. The largest absolute Gasteiger partial charge is 0.324 e. The summed E-state index contributed by atoms with van der Waals surface area (Å²) in [5.41, 5.74) is 18.0. The minimum absolute atomic E-state index is 0.213. The van der Waals surface area contributed by atoms with Crippen molar-refractivity contribution in [2.45, 2.75) is 67.5 Å². The van der Waals surface area contributed by atoms with Crippen molar-refractivity contribution in [1.82, 2.24) is 68.6 Å². The van der Waals surface area contributed by atoms with Gasteiger partial charge < -0.3 is 8.80 Å². The highest BCUT2D eigenvalue weighted by Crippen LogP contribution is 2.20. The van der Waals surface area contributed by atoms with E-state index < -0.39 is 0 Å². The van der Waals surface area contributed by atoms with E-state index in [1.807, 2.05) is 149 Å². The van der Waals surface area contributed by atoms with Gasteiger partial charge in [-0.15, -0.1) is 0 Å². The summed E-state index contributed by atoms with van der Waals surface area (Å²) in [5.74, 6) is 1.67. The first-order valence-corrected chi connectivity index (χ1v) is 27.2. The van der Waals surface area contributed by atoms with Crippen LogP contribution < -0.4 is 0 Å². The van der Waals surface area contributed by atoms with Crippen molar-refractivity contribution in [3.8, 4) is 0 Å². The van der Waals surface area contributed by atoms with Gasteiger partial charge in [0, 0.05) is 78.9 Å². The molecule has 0 spiro atoms. The number of nitrogens with zero attached hydrogens (tertiary/aromatic N) is 17. The van der Waals surface area contributed by atoms with Crippen molar-refractivity contribution in [3.63, 3.8) is 0 Å². The topological polar surface area (TPSA) is 201 Å². The minimum Gasteiger partial charge on any atom is -0.324 e. The zero-order valence-electron chi connectivity index (χ0n) is 48.1. The van der Waals surface area contributed by atoms with Gasteiger partial charge in [-0.25, -0.2) is 44.9 Å². The zero-order valence-corrected chi connectivity index (χ0v) is 48.1. The summed E-state index contributed by atoms with van der Waals surface area (Å²) < 4.78 is 4.13. The number of para-hydroxylation sites is 2. The molecule has 0 bridgehead atoms. The third kappa shape index (κ3) is 16.6. The zero-order chi connectivity index (χ0) is 58.6. The van der Waals surface area contributed by atoms with Crippen LogP contribution in [0.5, 0.6) is 0 Å². The predicted octanol–water partition coefficient (Wildman–Crippen LogP) is 13.1. The number of aryl methyl sites for hydroxylation is 6. The number of benzene rings is 1. The molecule has 0 radical (unpaired) electrons. The van der Waals surface area contributed by atoms with Crippen LogP contribution >= 0.6 is 0 Å². The third-order valence-corrected chi connectivity index (χ3v) is 12.4. The first kappa shape index (κ1) is 57.9. The Kier molecular flexibility index (Phi) is 19.7. The van der Waals surface area contributed by atoms with Crippen molar-refractivity contribution < 1.29 is 0 Å². The molecule has 0 saturated carbocycles. The van der Waals surface area contributed by atoms with Gasteiger partial charge in [0.15, 0.2) is 11.3 Å². The number of allylic oxidation sites excluding steroid dienone is 5. The summed E-state index contributed by atoms with van der Waals surface area (Å²) in [5, 5.41) is 0. The molecule has 11 aromatic heterocycles. The smallest absolute Gasteiger partial charge is 0.198 e. The Morgan fingerprint density at radius 2 is 1.05 bits per heavy atom. The van der Waals surface area contributed by atoms with Crippen LogP contribution in [0.15, 0.2) is 247 Å². The Labute approximate surface area is 487 Å². The van der Waals surface area contributed by atoms with Crippen LogP contribution in [-0.2, 0) is 0 Å². The summed E-state index contributed by atoms with van der Waals surface area (Å²) in [6.45, 7) is 15.8. The number of fused-ring (bicyclic) bond motifs is 8. The Morgan fingerprint density at radius 3 is 1.82 bits per heavy atom. The van der Waals surface area contributed by atoms with E-state index in [9.17, 15) is 0 Å². The third-order valence-electron chi connectivity index (χ3n) is 12.4. The van der Waals surface area contributed by atoms with E-state index in [-0.39, 0.29) is 6.04 Å². The number of aliphatic imine (C=N–C) groups is 3. The lowest BCUT2D eigenvalue weighted by Gasteiger charge is -2.05. The Bertz CT molecular complexity index is 3960. The van der Waals surface area contributed by atoms with Crippen molar-refractivity contribution in [2.75, 3.05) is 0 Å². The highest BCUT2D eigenvalue weighted by Gasteiger charge is 2.17. The molecule has 2 aliphatic heterocycles.